The first-order valence-corrected chi connectivity index (χ1v) is 7.74. The number of hydrogen-bond donors (Lipinski definition) is 1. The van der Waals surface area contributed by atoms with E-state index in [1.165, 1.54) is 4.90 Å². The van der Waals surface area contributed by atoms with Crippen molar-refractivity contribution >= 4 is 32.6 Å². The predicted molar refractivity (Wildman–Crippen MR) is 84.7 cm³/mol. The zero-order valence-corrected chi connectivity index (χ0v) is 13.4. The molecule has 1 aromatic carbocycles. The fourth-order valence-electron chi connectivity index (χ4n) is 2.17. The summed E-state index contributed by atoms with van der Waals surface area (Å²) in [6.45, 7) is 5.45. The van der Waals surface area contributed by atoms with Crippen LogP contribution >= 0.6 is 11.3 Å². The van der Waals surface area contributed by atoms with E-state index in [0.717, 1.165) is 40.4 Å². The van der Waals surface area contributed by atoms with Crippen LogP contribution in [0.2, 0.25) is 0 Å². The number of aryl methyl sites for hydroxylation is 1. The lowest BCUT2D eigenvalue weighted by atomic mass is 10.2. The highest BCUT2D eigenvalue weighted by Crippen LogP contribution is 2.30. The van der Waals surface area contributed by atoms with E-state index in [9.17, 15) is 4.79 Å². The third kappa shape index (κ3) is 3.35. The summed E-state index contributed by atoms with van der Waals surface area (Å²) < 4.78 is 1.14. The number of quaternary nitrogens is 1. The van der Waals surface area contributed by atoms with Gasteiger partial charge in [0, 0.05) is 19.9 Å². The molecular weight excluding hydrogens is 270 g/mol. The number of nitrogens with one attached hydrogen (secondary N) is 1. The van der Waals surface area contributed by atoms with Crippen molar-refractivity contribution in [1.82, 2.24) is 4.98 Å². The van der Waals surface area contributed by atoms with Gasteiger partial charge in [0.1, 0.15) is 0 Å². The molecule has 4 nitrogen and oxygen atoms in total. The number of para-hydroxylation sites is 1. The standard InChI is InChI=1S/C15H21N3OS/c1-11-7-5-8-13-14(11)16-15(20-13)18(12(2)19)10-6-9-17(3)4/h5,7-8H,6,9-10H2,1-4H3/p+1. The zero-order chi connectivity index (χ0) is 14.7. The minimum atomic E-state index is 0.0652. The second-order valence-electron chi connectivity index (χ2n) is 5.40. The van der Waals surface area contributed by atoms with Crippen LogP contribution in [-0.4, -0.2) is 38.1 Å². The molecule has 1 aromatic heterocycles. The highest BCUT2D eigenvalue weighted by atomic mass is 32.1. The molecule has 0 aliphatic carbocycles. The Morgan fingerprint density at radius 2 is 2.15 bits per heavy atom. The Hall–Kier alpha value is -1.46. The number of aromatic nitrogens is 1. The molecule has 0 unspecified atom stereocenters. The third-order valence-corrected chi connectivity index (χ3v) is 4.32. The summed E-state index contributed by atoms with van der Waals surface area (Å²) in [5.41, 5.74) is 2.17. The largest absolute Gasteiger partial charge is 0.340 e. The summed E-state index contributed by atoms with van der Waals surface area (Å²) in [6, 6.07) is 6.15. The SMILES string of the molecule is CC(=O)N(CCC[NH+](C)C)c1nc2c(C)cccc2s1. The van der Waals surface area contributed by atoms with Gasteiger partial charge in [0.25, 0.3) is 0 Å². The van der Waals surface area contributed by atoms with E-state index >= 15 is 0 Å². The Kier molecular flexibility index (Phi) is 4.73. The molecule has 1 amide bonds. The Morgan fingerprint density at radius 1 is 1.40 bits per heavy atom. The Labute approximate surface area is 124 Å². The molecular formula is C15H22N3OS+. The van der Waals surface area contributed by atoms with Crippen molar-refractivity contribution in [2.24, 2.45) is 0 Å². The van der Waals surface area contributed by atoms with Gasteiger partial charge in [0.05, 0.1) is 30.9 Å². The zero-order valence-electron chi connectivity index (χ0n) is 12.6. The van der Waals surface area contributed by atoms with Gasteiger partial charge < -0.3 is 4.90 Å². The van der Waals surface area contributed by atoms with Crippen LogP contribution in [0.25, 0.3) is 10.2 Å². The molecule has 2 aromatic rings. The number of nitrogens with zero attached hydrogens (tertiary/aromatic N) is 2. The fraction of sp³-hybridized carbons (Fsp3) is 0.467. The van der Waals surface area contributed by atoms with E-state index in [-0.39, 0.29) is 5.91 Å². The van der Waals surface area contributed by atoms with Gasteiger partial charge in [0.15, 0.2) is 5.13 Å². The Morgan fingerprint density at radius 3 is 2.75 bits per heavy atom. The smallest absolute Gasteiger partial charge is 0.225 e. The first kappa shape index (κ1) is 14.9. The average Bonchev–Trinajstić information content (AvgIpc) is 2.78. The van der Waals surface area contributed by atoms with Crippen LogP contribution in [0.5, 0.6) is 0 Å². The summed E-state index contributed by atoms with van der Waals surface area (Å²) in [4.78, 5) is 19.7. The minimum Gasteiger partial charge on any atom is -0.340 e. The predicted octanol–water partition coefficient (Wildman–Crippen LogP) is 1.49. The monoisotopic (exact) mass is 292 g/mol. The number of anilines is 1. The quantitative estimate of drug-likeness (QED) is 0.907. The minimum absolute atomic E-state index is 0.0652. The van der Waals surface area contributed by atoms with Gasteiger partial charge in [-0.2, -0.15) is 0 Å². The molecule has 5 heteroatoms. The van der Waals surface area contributed by atoms with Gasteiger partial charge in [-0.15, -0.1) is 0 Å². The van der Waals surface area contributed by atoms with Crippen LogP contribution in [0.1, 0.15) is 18.9 Å². The second-order valence-corrected chi connectivity index (χ2v) is 6.41. The maximum Gasteiger partial charge on any atom is 0.225 e. The number of carbonyl (C=O) groups is 1. The fourth-order valence-corrected chi connectivity index (χ4v) is 3.28. The third-order valence-electron chi connectivity index (χ3n) is 3.28. The lowest BCUT2D eigenvalue weighted by Gasteiger charge is -2.18. The molecule has 0 atom stereocenters. The average molecular weight is 292 g/mol. The van der Waals surface area contributed by atoms with Crippen LogP contribution in [0.15, 0.2) is 18.2 Å². The highest BCUT2D eigenvalue weighted by molar-refractivity contribution is 7.22. The molecule has 0 fully saturated rings. The van der Waals surface area contributed by atoms with Crippen molar-refractivity contribution in [1.29, 1.82) is 0 Å². The van der Waals surface area contributed by atoms with Crippen molar-refractivity contribution in [3.63, 3.8) is 0 Å². The second kappa shape index (κ2) is 6.33. The molecule has 0 spiro atoms. The summed E-state index contributed by atoms with van der Waals surface area (Å²) in [6.07, 6.45) is 0.983. The summed E-state index contributed by atoms with van der Waals surface area (Å²) >= 11 is 1.59. The van der Waals surface area contributed by atoms with Gasteiger partial charge in [0.2, 0.25) is 5.91 Å². The first-order chi connectivity index (χ1) is 9.49. The van der Waals surface area contributed by atoms with Crippen molar-refractivity contribution in [3.8, 4) is 0 Å². The molecule has 1 N–H and O–H groups in total. The van der Waals surface area contributed by atoms with Crippen LogP contribution in [0, 0.1) is 6.92 Å². The molecule has 2 rings (SSSR count). The number of benzene rings is 1. The van der Waals surface area contributed by atoms with Crippen LogP contribution < -0.4 is 9.80 Å². The molecule has 0 aliphatic rings. The van der Waals surface area contributed by atoms with E-state index in [2.05, 4.69) is 38.1 Å². The Bertz CT molecular complexity index is 606. The number of fused-ring (bicyclic) bond motifs is 1. The van der Waals surface area contributed by atoms with Crippen molar-refractivity contribution in [2.75, 3.05) is 32.1 Å². The van der Waals surface area contributed by atoms with Gasteiger partial charge in [-0.25, -0.2) is 4.98 Å². The normalized spacial score (nSPS) is 11.2. The van der Waals surface area contributed by atoms with E-state index in [4.69, 9.17) is 0 Å². The molecule has 1 heterocycles. The van der Waals surface area contributed by atoms with Crippen LogP contribution in [0.3, 0.4) is 0 Å². The van der Waals surface area contributed by atoms with Gasteiger partial charge >= 0.3 is 0 Å². The number of hydrogen-bond acceptors (Lipinski definition) is 3. The van der Waals surface area contributed by atoms with E-state index < -0.39 is 0 Å². The highest BCUT2D eigenvalue weighted by Gasteiger charge is 2.16. The number of thiazole rings is 1. The van der Waals surface area contributed by atoms with E-state index in [1.54, 1.807) is 23.2 Å². The van der Waals surface area contributed by atoms with Crippen molar-refractivity contribution in [3.05, 3.63) is 23.8 Å². The van der Waals surface area contributed by atoms with Gasteiger partial charge in [-0.3, -0.25) is 9.69 Å². The molecule has 0 radical (unpaired) electrons. The maximum atomic E-state index is 11.9. The van der Waals surface area contributed by atoms with Crippen molar-refractivity contribution < 1.29 is 9.69 Å². The van der Waals surface area contributed by atoms with E-state index in [0.29, 0.717) is 0 Å². The summed E-state index contributed by atoms with van der Waals surface area (Å²) in [5, 5.41) is 0.815. The summed E-state index contributed by atoms with van der Waals surface area (Å²) in [7, 11) is 4.25. The number of rotatable bonds is 5. The lowest BCUT2D eigenvalue weighted by Crippen LogP contribution is -3.05. The molecule has 0 saturated heterocycles. The Balaban J connectivity index is 2.23. The van der Waals surface area contributed by atoms with Gasteiger partial charge in [-0.05, 0) is 18.6 Å². The molecule has 0 saturated carbocycles. The van der Waals surface area contributed by atoms with Crippen LogP contribution in [-0.2, 0) is 4.79 Å². The van der Waals surface area contributed by atoms with Crippen LogP contribution in [0.4, 0.5) is 5.13 Å². The molecule has 20 heavy (non-hydrogen) atoms. The molecule has 108 valence electrons. The topological polar surface area (TPSA) is 37.6 Å². The first-order valence-electron chi connectivity index (χ1n) is 6.92. The van der Waals surface area contributed by atoms with E-state index in [1.807, 2.05) is 6.07 Å². The number of carbonyl (C=O) groups excluding carboxylic acids is 1. The van der Waals surface area contributed by atoms with Gasteiger partial charge in [-0.1, -0.05) is 23.5 Å². The van der Waals surface area contributed by atoms with Crippen molar-refractivity contribution in [2.45, 2.75) is 20.3 Å². The maximum absolute atomic E-state index is 11.9. The lowest BCUT2D eigenvalue weighted by molar-refractivity contribution is -0.858. The summed E-state index contributed by atoms with van der Waals surface area (Å²) in [5.74, 6) is 0.0652. The number of amides is 1. The molecule has 0 bridgehead atoms. The molecule has 0 aliphatic heterocycles.